The van der Waals surface area contributed by atoms with Crippen LogP contribution in [0.15, 0.2) is 93.8 Å². The molecule has 0 bridgehead atoms. The van der Waals surface area contributed by atoms with Crippen LogP contribution in [0, 0.1) is 0 Å². The highest BCUT2D eigenvalue weighted by Gasteiger charge is 2.15. The van der Waals surface area contributed by atoms with Crippen molar-refractivity contribution in [1.29, 1.82) is 0 Å². The minimum absolute atomic E-state index is 0.542. The van der Waals surface area contributed by atoms with Gasteiger partial charge in [-0.25, -0.2) is 9.67 Å². The maximum atomic E-state index is 6.05. The van der Waals surface area contributed by atoms with E-state index in [2.05, 4.69) is 15.1 Å². The SMILES string of the molecule is COc1ccc(-n2cc(Sc3ccc(Cl)cc3)c(-c3ccc(-c4ncon4)cc3)n2)nc1. The molecule has 0 atom stereocenters. The van der Waals surface area contributed by atoms with E-state index in [4.69, 9.17) is 26.0 Å². The Hall–Kier alpha value is -3.62. The van der Waals surface area contributed by atoms with Gasteiger partial charge in [-0.05, 0) is 36.4 Å². The van der Waals surface area contributed by atoms with Gasteiger partial charge < -0.3 is 9.26 Å². The molecular weight excluding hydrogens is 446 g/mol. The molecule has 158 valence electrons. The van der Waals surface area contributed by atoms with Gasteiger partial charge in [-0.3, -0.25) is 0 Å². The molecule has 5 aromatic rings. The second-order valence-electron chi connectivity index (χ2n) is 6.73. The monoisotopic (exact) mass is 461 g/mol. The van der Waals surface area contributed by atoms with Crippen LogP contribution < -0.4 is 4.74 Å². The summed E-state index contributed by atoms with van der Waals surface area (Å²) in [6.45, 7) is 0. The highest BCUT2D eigenvalue weighted by atomic mass is 35.5. The van der Waals surface area contributed by atoms with Gasteiger partial charge >= 0.3 is 0 Å². The van der Waals surface area contributed by atoms with Crippen molar-refractivity contribution in [3.63, 3.8) is 0 Å². The quantitative estimate of drug-likeness (QED) is 0.316. The average Bonchev–Trinajstić information content (AvgIpc) is 3.52. The van der Waals surface area contributed by atoms with Gasteiger partial charge in [0.05, 0.1) is 18.2 Å². The summed E-state index contributed by atoms with van der Waals surface area (Å²) in [6, 6.07) is 19.3. The van der Waals surface area contributed by atoms with E-state index >= 15 is 0 Å². The number of halogens is 1. The zero-order chi connectivity index (χ0) is 21.9. The fourth-order valence-electron chi connectivity index (χ4n) is 3.08. The largest absolute Gasteiger partial charge is 0.495 e. The molecule has 2 aromatic carbocycles. The highest BCUT2D eigenvalue weighted by Crippen LogP contribution is 2.37. The van der Waals surface area contributed by atoms with Crippen LogP contribution in [-0.4, -0.2) is 32.0 Å². The molecule has 0 N–H and O–H groups in total. The third kappa shape index (κ3) is 4.23. The molecule has 0 aliphatic heterocycles. The first-order valence-electron chi connectivity index (χ1n) is 9.60. The lowest BCUT2D eigenvalue weighted by Crippen LogP contribution is -1.98. The van der Waals surface area contributed by atoms with E-state index in [-0.39, 0.29) is 0 Å². The minimum Gasteiger partial charge on any atom is -0.495 e. The first-order valence-corrected chi connectivity index (χ1v) is 10.8. The molecule has 0 aliphatic rings. The molecule has 0 fully saturated rings. The fourth-order valence-corrected chi connectivity index (χ4v) is 4.14. The Labute approximate surface area is 193 Å². The Morgan fingerprint density at radius 2 is 1.72 bits per heavy atom. The van der Waals surface area contributed by atoms with Gasteiger partial charge in [0.2, 0.25) is 12.2 Å². The molecule has 7 nitrogen and oxygen atoms in total. The maximum absolute atomic E-state index is 6.05. The van der Waals surface area contributed by atoms with Crippen molar-refractivity contribution in [1.82, 2.24) is 24.9 Å². The van der Waals surface area contributed by atoms with Gasteiger partial charge in [-0.1, -0.05) is 52.8 Å². The van der Waals surface area contributed by atoms with Crippen LogP contribution in [0.1, 0.15) is 0 Å². The normalized spacial score (nSPS) is 10.9. The van der Waals surface area contributed by atoms with Gasteiger partial charge in [0.25, 0.3) is 0 Å². The van der Waals surface area contributed by atoms with E-state index < -0.39 is 0 Å². The summed E-state index contributed by atoms with van der Waals surface area (Å²) in [6.07, 6.45) is 4.95. The molecule has 0 aliphatic carbocycles. The molecular formula is C23H16ClN5O2S. The lowest BCUT2D eigenvalue weighted by Gasteiger charge is -2.04. The predicted molar refractivity (Wildman–Crippen MR) is 122 cm³/mol. The summed E-state index contributed by atoms with van der Waals surface area (Å²) in [5.74, 6) is 1.92. The van der Waals surface area contributed by atoms with Crippen molar-refractivity contribution >= 4 is 23.4 Å². The molecule has 0 radical (unpaired) electrons. The molecule has 3 aromatic heterocycles. The molecule has 32 heavy (non-hydrogen) atoms. The summed E-state index contributed by atoms with van der Waals surface area (Å²) in [7, 11) is 1.61. The lowest BCUT2D eigenvalue weighted by molar-refractivity contribution is 0.412. The number of ether oxygens (including phenoxy) is 1. The molecule has 0 saturated heterocycles. The van der Waals surface area contributed by atoms with Crippen LogP contribution in [0.5, 0.6) is 5.75 Å². The Balaban J connectivity index is 1.54. The third-order valence-electron chi connectivity index (χ3n) is 4.69. The number of nitrogens with zero attached hydrogens (tertiary/aromatic N) is 5. The zero-order valence-electron chi connectivity index (χ0n) is 16.8. The number of hydrogen-bond donors (Lipinski definition) is 0. The average molecular weight is 462 g/mol. The molecule has 0 unspecified atom stereocenters. The van der Waals surface area contributed by atoms with Gasteiger partial charge in [0.15, 0.2) is 5.82 Å². The first kappa shape index (κ1) is 20.3. The Kier molecular flexibility index (Phi) is 5.62. The molecule has 0 amide bonds. The zero-order valence-corrected chi connectivity index (χ0v) is 18.4. The summed E-state index contributed by atoms with van der Waals surface area (Å²) in [5.41, 5.74) is 2.66. The van der Waals surface area contributed by atoms with Crippen LogP contribution in [-0.2, 0) is 0 Å². The van der Waals surface area contributed by atoms with Crippen LogP contribution in [0.3, 0.4) is 0 Å². The van der Waals surface area contributed by atoms with E-state index in [9.17, 15) is 0 Å². The van der Waals surface area contributed by atoms with Gasteiger partial charge in [-0.15, -0.1) is 0 Å². The van der Waals surface area contributed by atoms with E-state index in [1.165, 1.54) is 6.39 Å². The standard InChI is InChI=1S/C23H16ClN5O2S/c1-30-18-8-11-21(25-12-18)29-13-20(32-19-9-6-17(24)7-10-19)22(27-29)15-2-4-16(5-3-15)23-26-14-31-28-23/h2-14H,1H3. The Bertz CT molecular complexity index is 1320. The number of pyridine rings is 1. The first-order chi connectivity index (χ1) is 15.7. The third-order valence-corrected chi connectivity index (χ3v) is 5.97. The number of aromatic nitrogens is 5. The molecule has 5 rings (SSSR count). The van der Waals surface area contributed by atoms with Crippen LogP contribution in [0.25, 0.3) is 28.5 Å². The van der Waals surface area contributed by atoms with Crippen molar-refractivity contribution in [3.05, 3.63) is 84.5 Å². The van der Waals surface area contributed by atoms with E-state index in [0.717, 1.165) is 26.6 Å². The Morgan fingerprint density at radius 3 is 2.38 bits per heavy atom. The number of methoxy groups -OCH3 is 1. The second kappa shape index (κ2) is 8.86. The molecule has 3 heterocycles. The van der Waals surface area contributed by atoms with Gasteiger partial charge in [-0.2, -0.15) is 10.1 Å². The van der Waals surface area contributed by atoms with Crippen LogP contribution in [0.4, 0.5) is 0 Å². The second-order valence-corrected chi connectivity index (χ2v) is 8.28. The van der Waals surface area contributed by atoms with E-state index in [1.807, 2.05) is 66.9 Å². The molecule has 0 spiro atoms. The van der Waals surface area contributed by atoms with Crippen molar-refractivity contribution in [2.24, 2.45) is 0 Å². The van der Waals surface area contributed by atoms with Gasteiger partial charge in [0, 0.05) is 27.2 Å². The highest BCUT2D eigenvalue weighted by molar-refractivity contribution is 7.99. The maximum Gasteiger partial charge on any atom is 0.214 e. The van der Waals surface area contributed by atoms with Crippen molar-refractivity contribution < 1.29 is 9.26 Å². The van der Waals surface area contributed by atoms with Gasteiger partial charge in [0.1, 0.15) is 11.4 Å². The van der Waals surface area contributed by atoms with E-state index in [1.54, 1.807) is 29.8 Å². The summed E-state index contributed by atoms with van der Waals surface area (Å²) in [4.78, 5) is 10.6. The fraction of sp³-hybridized carbons (Fsp3) is 0.0435. The molecule has 9 heteroatoms. The Morgan fingerprint density at radius 1 is 0.938 bits per heavy atom. The smallest absolute Gasteiger partial charge is 0.214 e. The van der Waals surface area contributed by atoms with Crippen LogP contribution in [0.2, 0.25) is 5.02 Å². The lowest BCUT2D eigenvalue weighted by atomic mass is 10.1. The number of rotatable bonds is 6. The summed E-state index contributed by atoms with van der Waals surface area (Å²) >= 11 is 7.66. The number of hydrogen-bond acceptors (Lipinski definition) is 7. The number of benzene rings is 2. The summed E-state index contributed by atoms with van der Waals surface area (Å²) in [5, 5.41) is 9.42. The summed E-state index contributed by atoms with van der Waals surface area (Å²) < 4.78 is 11.8. The van der Waals surface area contributed by atoms with Crippen molar-refractivity contribution in [3.8, 4) is 34.2 Å². The predicted octanol–water partition coefficient (Wildman–Crippen LogP) is 5.80. The topological polar surface area (TPSA) is 78.9 Å². The van der Waals surface area contributed by atoms with Crippen LogP contribution >= 0.6 is 23.4 Å². The van der Waals surface area contributed by atoms with Crippen molar-refractivity contribution in [2.45, 2.75) is 9.79 Å². The minimum atomic E-state index is 0.542. The van der Waals surface area contributed by atoms with Crippen molar-refractivity contribution in [2.75, 3.05) is 7.11 Å². The molecule has 0 saturated carbocycles. The van der Waals surface area contributed by atoms with E-state index in [0.29, 0.717) is 22.4 Å².